The molecule has 0 spiro atoms. The molecular formula is C30H22F3N3O6S2. The summed E-state index contributed by atoms with van der Waals surface area (Å²) in [5.74, 6) is -3.30. The number of hydrogen-bond acceptors (Lipinski definition) is 8. The molecule has 14 heteroatoms. The van der Waals surface area contributed by atoms with E-state index in [2.05, 4.69) is 5.32 Å². The van der Waals surface area contributed by atoms with Crippen molar-refractivity contribution in [1.29, 1.82) is 0 Å². The van der Waals surface area contributed by atoms with E-state index in [1.807, 2.05) is 0 Å². The minimum atomic E-state index is -4.69. The molecule has 2 aliphatic rings. The lowest BCUT2D eigenvalue weighted by molar-refractivity contribution is -0.137. The molecule has 0 aliphatic carbocycles. The molecule has 226 valence electrons. The highest BCUT2D eigenvalue weighted by Crippen LogP contribution is 2.54. The summed E-state index contributed by atoms with van der Waals surface area (Å²) in [5, 5.41) is 11.8. The number of amides is 3. The zero-order valence-corrected chi connectivity index (χ0v) is 24.3. The molecule has 1 aromatic heterocycles. The number of carbonyl (C=O) groups is 3. The average molecular weight is 642 g/mol. The number of methoxy groups -OCH3 is 1. The van der Waals surface area contributed by atoms with Gasteiger partial charge in [0.05, 0.1) is 29.3 Å². The van der Waals surface area contributed by atoms with Crippen molar-refractivity contribution >= 4 is 52.2 Å². The average Bonchev–Trinajstić information content (AvgIpc) is 3.43. The van der Waals surface area contributed by atoms with Crippen LogP contribution in [-0.4, -0.2) is 39.8 Å². The Morgan fingerprint density at radius 2 is 1.70 bits per heavy atom. The Hall–Kier alpha value is -4.56. The first-order valence-electron chi connectivity index (χ1n) is 13.1. The van der Waals surface area contributed by atoms with Crippen molar-refractivity contribution in [2.24, 2.45) is 5.92 Å². The van der Waals surface area contributed by atoms with Gasteiger partial charge in [0, 0.05) is 16.5 Å². The number of rotatable bonds is 6. The molecule has 3 atom stereocenters. The zero-order valence-electron chi connectivity index (χ0n) is 22.7. The van der Waals surface area contributed by atoms with Crippen molar-refractivity contribution in [2.45, 2.75) is 28.9 Å². The van der Waals surface area contributed by atoms with Crippen LogP contribution in [0.5, 0.6) is 11.5 Å². The number of phenolic OH excluding ortho intramolecular Hbond substituents is 1. The van der Waals surface area contributed by atoms with Crippen molar-refractivity contribution in [1.82, 2.24) is 4.57 Å². The third-order valence-electron chi connectivity index (χ3n) is 7.41. The maximum Gasteiger partial charge on any atom is 0.416 e. The first-order valence-corrected chi connectivity index (χ1v) is 14.8. The van der Waals surface area contributed by atoms with Crippen LogP contribution in [0.15, 0.2) is 82.6 Å². The normalized spacial score (nSPS) is 19.5. The van der Waals surface area contributed by atoms with Crippen LogP contribution in [0.4, 0.5) is 24.5 Å². The number of thioether (sulfide) groups is 1. The van der Waals surface area contributed by atoms with Gasteiger partial charge in [0.25, 0.3) is 0 Å². The van der Waals surface area contributed by atoms with E-state index in [4.69, 9.17) is 4.74 Å². The molecule has 3 heterocycles. The number of nitrogens with zero attached hydrogens (tertiary/aromatic N) is 2. The minimum absolute atomic E-state index is 0.0453. The quantitative estimate of drug-likeness (QED) is 0.282. The fourth-order valence-electron chi connectivity index (χ4n) is 5.39. The summed E-state index contributed by atoms with van der Waals surface area (Å²) < 4.78 is 46.8. The summed E-state index contributed by atoms with van der Waals surface area (Å²) >= 11 is 1.77. The highest BCUT2D eigenvalue weighted by molar-refractivity contribution is 8.00. The van der Waals surface area contributed by atoms with Crippen molar-refractivity contribution in [3.05, 3.63) is 98.5 Å². The molecule has 44 heavy (non-hydrogen) atoms. The molecule has 4 aromatic rings. The molecule has 3 amide bonds. The van der Waals surface area contributed by atoms with Crippen LogP contribution < -0.4 is 19.8 Å². The second kappa shape index (κ2) is 11.2. The van der Waals surface area contributed by atoms with E-state index < -0.39 is 51.4 Å². The van der Waals surface area contributed by atoms with Gasteiger partial charge in [0.1, 0.15) is 23.3 Å². The van der Waals surface area contributed by atoms with Crippen LogP contribution in [0.1, 0.15) is 21.9 Å². The smallest absolute Gasteiger partial charge is 0.416 e. The van der Waals surface area contributed by atoms with Crippen LogP contribution in [0.25, 0.3) is 0 Å². The van der Waals surface area contributed by atoms with Crippen LogP contribution in [-0.2, 0) is 27.1 Å². The van der Waals surface area contributed by atoms with E-state index in [-0.39, 0.29) is 18.0 Å². The highest BCUT2D eigenvalue weighted by atomic mass is 32.2. The summed E-state index contributed by atoms with van der Waals surface area (Å²) in [6.45, 7) is -0.386. The molecule has 0 unspecified atom stereocenters. The number of nitrogens with one attached hydrogen (secondary N) is 1. The number of fused-ring (bicyclic) bond motifs is 2. The SMILES string of the molecule is COc1ccc(NC(=O)Cn2c3c(sc2=O)[C@@H](c2ccc(O)cc2)[C@H]2C(=O)N(c4cccc(C(F)(F)F)c4)C(=O)[C@H]2S3)cc1. The van der Waals surface area contributed by atoms with Gasteiger partial charge in [-0.2, -0.15) is 13.2 Å². The molecule has 2 aliphatic heterocycles. The lowest BCUT2D eigenvalue weighted by Crippen LogP contribution is -2.33. The van der Waals surface area contributed by atoms with Crippen molar-refractivity contribution in [3.8, 4) is 11.5 Å². The number of hydrogen-bond donors (Lipinski definition) is 2. The van der Waals surface area contributed by atoms with Crippen molar-refractivity contribution in [2.75, 3.05) is 17.3 Å². The van der Waals surface area contributed by atoms with Gasteiger partial charge in [-0.05, 0) is 60.2 Å². The lowest BCUT2D eigenvalue weighted by atomic mass is 9.83. The monoisotopic (exact) mass is 641 g/mol. The number of ether oxygens (including phenoxy) is 1. The fraction of sp³-hybridized carbons (Fsp3) is 0.200. The third-order valence-corrected chi connectivity index (χ3v) is 10.0. The zero-order chi connectivity index (χ0) is 31.3. The maximum atomic E-state index is 13.9. The summed E-state index contributed by atoms with van der Waals surface area (Å²) in [4.78, 5) is 54.7. The van der Waals surface area contributed by atoms with E-state index in [1.165, 1.54) is 29.9 Å². The second-order valence-electron chi connectivity index (χ2n) is 10.1. The first-order chi connectivity index (χ1) is 21.0. The molecular weight excluding hydrogens is 619 g/mol. The van der Waals surface area contributed by atoms with Gasteiger partial charge in [-0.25, -0.2) is 4.90 Å². The maximum absolute atomic E-state index is 13.9. The van der Waals surface area contributed by atoms with E-state index in [1.54, 1.807) is 36.4 Å². The number of thiazole rings is 1. The Morgan fingerprint density at radius 1 is 1.00 bits per heavy atom. The second-order valence-corrected chi connectivity index (χ2v) is 12.2. The van der Waals surface area contributed by atoms with E-state index in [9.17, 15) is 37.5 Å². The standard InChI is InChI=1S/C30H22F3N3O6S2/c1-42-20-11-7-17(8-12-20)34-21(38)14-35-28-25(44-29(35)41)22(15-5-9-19(37)10-6-15)23-24(43-28)27(40)36(26(23)39)18-4-2-3-16(13-18)30(31,32)33/h2-13,22-24,37H,14H2,1H3,(H,34,38)/t22-,23+,24-/m0/s1. The number of imide groups is 1. The Bertz CT molecular complexity index is 1840. The highest BCUT2D eigenvalue weighted by Gasteiger charge is 2.57. The lowest BCUT2D eigenvalue weighted by Gasteiger charge is -2.30. The number of aromatic hydroxyl groups is 1. The summed E-state index contributed by atoms with van der Waals surface area (Å²) in [5.41, 5.74) is -0.240. The number of carbonyl (C=O) groups excluding carboxylic acids is 3. The topological polar surface area (TPSA) is 118 Å². The Labute approximate surface area is 255 Å². The van der Waals surface area contributed by atoms with Gasteiger partial charge in [-0.15, -0.1) is 0 Å². The predicted octanol–water partition coefficient (Wildman–Crippen LogP) is 5.08. The predicted molar refractivity (Wildman–Crippen MR) is 157 cm³/mol. The molecule has 6 rings (SSSR count). The van der Waals surface area contributed by atoms with Gasteiger partial charge >= 0.3 is 11.0 Å². The molecule has 2 N–H and O–H groups in total. The first kappa shape index (κ1) is 29.5. The van der Waals surface area contributed by atoms with Gasteiger partial charge < -0.3 is 15.2 Å². The Balaban J connectivity index is 1.39. The van der Waals surface area contributed by atoms with Gasteiger partial charge in [0.2, 0.25) is 17.7 Å². The number of anilines is 2. The third kappa shape index (κ3) is 5.24. The van der Waals surface area contributed by atoms with Gasteiger partial charge in [-0.3, -0.25) is 23.7 Å². The molecule has 0 saturated carbocycles. The Kier molecular flexibility index (Phi) is 7.49. The molecule has 1 fully saturated rings. The van der Waals surface area contributed by atoms with Crippen LogP contribution in [0.2, 0.25) is 0 Å². The molecule has 9 nitrogen and oxygen atoms in total. The number of aromatic nitrogens is 1. The number of alkyl halides is 3. The largest absolute Gasteiger partial charge is 0.508 e. The molecule has 0 bridgehead atoms. The summed E-state index contributed by atoms with van der Waals surface area (Å²) in [7, 11) is 1.51. The number of benzene rings is 3. The molecule has 0 radical (unpaired) electrons. The van der Waals surface area contributed by atoms with Crippen LogP contribution >= 0.6 is 23.1 Å². The number of halogens is 3. The summed E-state index contributed by atoms with van der Waals surface area (Å²) in [6.07, 6.45) is -4.69. The van der Waals surface area contributed by atoms with Crippen molar-refractivity contribution in [3.63, 3.8) is 0 Å². The van der Waals surface area contributed by atoms with Crippen molar-refractivity contribution < 1.29 is 37.4 Å². The Morgan fingerprint density at radius 3 is 2.36 bits per heavy atom. The fourth-order valence-corrected chi connectivity index (χ4v) is 8.16. The molecule has 3 aromatic carbocycles. The van der Waals surface area contributed by atoms with E-state index >= 15 is 0 Å². The molecule has 1 saturated heterocycles. The number of phenols is 1. The van der Waals surface area contributed by atoms with Crippen LogP contribution in [0, 0.1) is 5.92 Å². The minimum Gasteiger partial charge on any atom is -0.508 e. The van der Waals surface area contributed by atoms with Gasteiger partial charge in [-0.1, -0.05) is 41.3 Å². The van der Waals surface area contributed by atoms with E-state index in [0.717, 1.165) is 46.2 Å². The van der Waals surface area contributed by atoms with Crippen LogP contribution in [0.3, 0.4) is 0 Å². The van der Waals surface area contributed by atoms with Gasteiger partial charge in [0.15, 0.2) is 0 Å². The van der Waals surface area contributed by atoms with E-state index in [0.29, 0.717) is 26.9 Å². The summed E-state index contributed by atoms with van der Waals surface area (Å²) in [6, 6.07) is 16.5.